The van der Waals surface area contributed by atoms with Crippen molar-refractivity contribution >= 4 is 6.03 Å². The van der Waals surface area contributed by atoms with Crippen LogP contribution in [0.4, 0.5) is 4.79 Å². The molecule has 1 aliphatic rings. The van der Waals surface area contributed by atoms with Gasteiger partial charge in [-0.2, -0.15) is 0 Å². The SMILES string of the molecule is COc1ccc(OC)c(C2CCCN2C(=O)NCc2ccnc(C)n2)c1. The standard InChI is InChI=1S/C19H24N4O3/c1-13-20-9-8-14(22-13)12-21-19(24)23-10-4-5-17(23)16-11-15(25-2)6-7-18(16)26-3/h6-9,11,17H,4-5,10,12H2,1-3H3,(H,21,24). The number of urea groups is 1. The number of hydrogen-bond acceptors (Lipinski definition) is 5. The van der Waals surface area contributed by atoms with Crippen LogP contribution >= 0.6 is 0 Å². The van der Waals surface area contributed by atoms with Gasteiger partial charge in [0.15, 0.2) is 0 Å². The molecule has 0 bridgehead atoms. The van der Waals surface area contributed by atoms with E-state index in [0.717, 1.165) is 35.6 Å². The van der Waals surface area contributed by atoms with Crippen molar-refractivity contribution in [2.75, 3.05) is 20.8 Å². The molecule has 1 atom stereocenters. The molecule has 2 aromatic rings. The molecule has 26 heavy (non-hydrogen) atoms. The molecule has 7 heteroatoms. The summed E-state index contributed by atoms with van der Waals surface area (Å²) in [7, 11) is 3.27. The highest BCUT2D eigenvalue weighted by atomic mass is 16.5. The van der Waals surface area contributed by atoms with Crippen LogP contribution in [-0.4, -0.2) is 41.7 Å². The predicted molar refractivity (Wildman–Crippen MR) is 97.2 cm³/mol. The number of amides is 2. The fraction of sp³-hybridized carbons (Fsp3) is 0.421. The van der Waals surface area contributed by atoms with E-state index < -0.39 is 0 Å². The number of carbonyl (C=O) groups is 1. The first kappa shape index (κ1) is 18.0. The lowest BCUT2D eigenvalue weighted by molar-refractivity contribution is 0.191. The van der Waals surface area contributed by atoms with Crippen LogP contribution in [0.25, 0.3) is 0 Å². The van der Waals surface area contributed by atoms with Crippen molar-refractivity contribution in [2.45, 2.75) is 32.4 Å². The van der Waals surface area contributed by atoms with Crippen molar-refractivity contribution in [3.05, 3.63) is 47.5 Å². The molecule has 1 unspecified atom stereocenters. The molecule has 2 heterocycles. The number of ether oxygens (including phenoxy) is 2. The molecule has 1 aliphatic heterocycles. The molecule has 138 valence electrons. The lowest BCUT2D eigenvalue weighted by Crippen LogP contribution is -2.39. The van der Waals surface area contributed by atoms with Crippen LogP contribution in [0.1, 0.15) is 36.0 Å². The van der Waals surface area contributed by atoms with Gasteiger partial charge in [-0.15, -0.1) is 0 Å². The zero-order valence-electron chi connectivity index (χ0n) is 15.4. The van der Waals surface area contributed by atoms with E-state index >= 15 is 0 Å². The maximum atomic E-state index is 12.7. The zero-order chi connectivity index (χ0) is 18.5. The molecule has 1 saturated heterocycles. The van der Waals surface area contributed by atoms with Crippen LogP contribution in [0, 0.1) is 6.92 Å². The van der Waals surface area contributed by atoms with Crippen LogP contribution in [0.2, 0.25) is 0 Å². The summed E-state index contributed by atoms with van der Waals surface area (Å²) in [6.45, 7) is 2.91. The Labute approximate surface area is 153 Å². The van der Waals surface area contributed by atoms with E-state index in [1.54, 1.807) is 26.5 Å². The van der Waals surface area contributed by atoms with E-state index in [0.29, 0.717) is 18.9 Å². The van der Waals surface area contributed by atoms with Gasteiger partial charge >= 0.3 is 6.03 Å². The van der Waals surface area contributed by atoms with Gasteiger partial charge in [-0.25, -0.2) is 14.8 Å². The lowest BCUT2D eigenvalue weighted by Gasteiger charge is -2.26. The highest BCUT2D eigenvalue weighted by Gasteiger charge is 2.32. The highest BCUT2D eigenvalue weighted by Crippen LogP contribution is 2.38. The summed E-state index contributed by atoms with van der Waals surface area (Å²) in [5, 5.41) is 2.96. The first-order valence-corrected chi connectivity index (χ1v) is 8.67. The van der Waals surface area contributed by atoms with Gasteiger partial charge in [-0.05, 0) is 44.0 Å². The van der Waals surface area contributed by atoms with Crippen molar-refractivity contribution in [1.29, 1.82) is 0 Å². The molecule has 1 aromatic heterocycles. The zero-order valence-corrected chi connectivity index (χ0v) is 15.4. The minimum Gasteiger partial charge on any atom is -0.497 e. The van der Waals surface area contributed by atoms with Crippen molar-refractivity contribution in [2.24, 2.45) is 0 Å². The Balaban J connectivity index is 1.74. The average molecular weight is 356 g/mol. The summed E-state index contributed by atoms with van der Waals surface area (Å²) >= 11 is 0. The number of nitrogens with zero attached hydrogens (tertiary/aromatic N) is 3. The van der Waals surface area contributed by atoms with Crippen LogP contribution in [-0.2, 0) is 6.54 Å². The molecule has 0 aliphatic carbocycles. The van der Waals surface area contributed by atoms with E-state index in [-0.39, 0.29) is 12.1 Å². The Morgan fingerprint density at radius 3 is 2.88 bits per heavy atom. The quantitative estimate of drug-likeness (QED) is 0.891. The fourth-order valence-corrected chi connectivity index (χ4v) is 3.30. The van der Waals surface area contributed by atoms with Gasteiger partial charge in [0.2, 0.25) is 0 Å². The Hall–Kier alpha value is -2.83. The van der Waals surface area contributed by atoms with E-state index in [9.17, 15) is 4.79 Å². The van der Waals surface area contributed by atoms with Crippen LogP contribution in [0.3, 0.4) is 0 Å². The van der Waals surface area contributed by atoms with Crippen molar-refractivity contribution in [1.82, 2.24) is 20.2 Å². The van der Waals surface area contributed by atoms with Gasteiger partial charge in [0.25, 0.3) is 0 Å². The van der Waals surface area contributed by atoms with Crippen LogP contribution < -0.4 is 14.8 Å². The largest absolute Gasteiger partial charge is 0.497 e. The smallest absolute Gasteiger partial charge is 0.318 e. The average Bonchev–Trinajstić information content (AvgIpc) is 3.15. The van der Waals surface area contributed by atoms with Crippen LogP contribution in [0.5, 0.6) is 11.5 Å². The number of benzene rings is 1. The summed E-state index contributed by atoms with van der Waals surface area (Å²) in [6, 6.07) is 7.36. The fourth-order valence-electron chi connectivity index (χ4n) is 3.30. The molecule has 2 amide bonds. The first-order valence-electron chi connectivity index (χ1n) is 8.67. The lowest BCUT2D eigenvalue weighted by atomic mass is 10.0. The highest BCUT2D eigenvalue weighted by molar-refractivity contribution is 5.75. The summed E-state index contributed by atoms with van der Waals surface area (Å²) in [4.78, 5) is 23.0. The van der Waals surface area contributed by atoms with Gasteiger partial charge in [0.05, 0.1) is 32.5 Å². The Morgan fingerprint density at radius 1 is 1.31 bits per heavy atom. The third-order valence-electron chi connectivity index (χ3n) is 4.56. The summed E-state index contributed by atoms with van der Waals surface area (Å²) in [5.74, 6) is 2.21. The van der Waals surface area contributed by atoms with Gasteiger partial charge in [0.1, 0.15) is 17.3 Å². The van der Waals surface area contributed by atoms with Crippen molar-refractivity contribution in [3.8, 4) is 11.5 Å². The molecule has 1 fully saturated rings. The van der Waals surface area contributed by atoms with E-state index in [2.05, 4.69) is 15.3 Å². The molecule has 1 N–H and O–H groups in total. The molecular weight excluding hydrogens is 332 g/mol. The number of nitrogens with one attached hydrogen (secondary N) is 1. The predicted octanol–water partition coefficient (Wildman–Crippen LogP) is 2.85. The minimum absolute atomic E-state index is 0.0350. The monoisotopic (exact) mass is 356 g/mol. The number of hydrogen-bond donors (Lipinski definition) is 1. The molecule has 1 aromatic carbocycles. The number of aromatic nitrogens is 2. The number of likely N-dealkylation sites (tertiary alicyclic amines) is 1. The van der Waals surface area contributed by atoms with Gasteiger partial charge in [0, 0.05) is 18.3 Å². The number of rotatable bonds is 5. The van der Waals surface area contributed by atoms with Gasteiger partial charge in [-0.1, -0.05) is 0 Å². The van der Waals surface area contributed by atoms with Gasteiger partial charge in [-0.3, -0.25) is 0 Å². The maximum absolute atomic E-state index is 12.7. The minimum atomic E-state index is -0.103. The van der Waals surface area contributed by atoms with E-state index in [1.165, 1.54) is 0 Å². The number of methoxy groups -OCH3 is 2. The second kappa shape index (κ2) is 8.03. The molecule has 0 spiro atoms. The summed E-state index contributed by atoms with van der Waals surface area (Å²) in [6.07, 6.45) is 3.54. The van der Waals surface area contributed by atoms with E-state index in [4.69, 9.17) is 9.47 Å². The van der Waals surface area contributed by atoms with E-state index in [1.807, 2.05) is 30.0 Å². The molecule has 0 saturated carbocycles. The van der Waals surface area contributed by atoms with Gasteiger partial charge < -0.3 is 19.7 Å². The maximum Gasteiger partial charge on any atom is 0.318 e. The Kier molecular flexibility index (Phi) is 5.55. The molecule has 7 nitrogen and oxygen atoms in total. The number of aryl methyl sites for hydroxylation is 1. The summed E-state index contributed by atoms with van der Waals surface area (Å²) in [5.41, 5.74) is 1.76. The topological polar surface area (TPSA) is 76.6 Å². The van der Waals surface area contributed by atoms with Crippen LogP contribution in [0.15, 0.2) is 30.5 Å². The van der Waals surface area contributed by atoms with Crippen molar-refractivity contribution < 1.29 is 14.3 Å². The Bertz CT molecular complexity index is 781. The first-order chi connectivity index (χ1) is 12.6. The molecule has 3 rings (SSSR count). The normalized spacial score (nSPS) is 16.4. The van der Waals surface area contributed by atoms with Crippen molar-refractivity contribution in [3.63, 3.8) is 0 Å². The second-order valence-corrected chi connectivity index (χ2v) is 6.21. The molecular formula is C19H24N4O3. The number of carbonyl (C=O) groups excluding carboxylic acids is 1. The summed E-state index contributed by atoms with van der Waals surface area (Å²) < 4.78 is 10.8. The Morgan fingerprint density at radius 2 is 2.15 bits per heavy atom. The third kappa shape index (κ3) is 3.87. The second-order valence-electron chi connectivity index (χ2n) is 6.21. The third-order valence-corrected chi connectivity index (χ3v) is 4.56. The molecule has 0 radical (unpaired) electrons.